The second-order valence-corrected chi connectivity index (χ2v) is 8.85. The number of amides is 2. The highest BCUT2D eigenvalue weighted by Crippen LogP contribution is 2.44. The third kappa shape index (κ3) is 4.62. The number of nitrogens with one attached hydrogen (secondary N) is 2. The quantitative estimate of drug-likeness (QED) is 0.465. The number of ether oxygens (including phenoxy) is 2. The zero-order valence-corrected chi connectivity index (χ0v) is 18.8. The van der Waals surface area contributed by atoms with Gasteiger partial charge < -0.3 is 30.3 Å². The predicted molar refractivity (Wildman–Crippen MR) is 122 cm³/mol. The van der Waals surface area contributed by atoms with E-state index in [1.54, 1.807) is 6.92 Å². The molecular formula is C25H28N2O7. The lowest BCUT2D eigenvalue weighted by atomic mass is 9.84. The molecule has 2 aliphatic rings. The SMILES string of the molecule is CC1(C(=O)NCC[C@H](O)C(=O)O)COCC1NC(=O)OCC1c2ccccc2-c2ccccc21. The molecule has 9 heteroatoms. The number of carboxylic acids is 1. The number of benzene rings is 2. The summed E-state index contributed by atoms with van der Waals surface area (Å²) in [5.74, 6) is -1.82. The summed E-state index contributed by atoms with van der Waals surface area (Å²) in [4.78, 5) is 36.1. The molecule has 0 aromatic heterocycles. The van der Waals surface area contributed by atoms with Crippen molar-refractivity contribution < 1.29 is 34.1 Å². The first-order valence-corrected chi connectivity index (χ1v) is 11.2. The van der Waals surface area contributed by atoms with Crippen molar-refractivity contribution in [2.45, 2.75) is 31.4 Å². The molecule has 2 amide bonds. The summed E-state index contributed by atoms with van der Waals surface area (Å²) >= 11 is 0. The Morgan fingerprint density at radius 3 is 2.35 bits per heavy atom. The van der Waals surface area contributed by atoms with Crippen molar-refractivity contribution in [1.82, 2.24) is 10.6 Å². The van der Waals surface area contributed by atoms with Crippen LogP contribution in [0.25, 0.3) is 11.1 Å². The van der Waals surface area contributed by atoms with Crippen LogP contribution in [0.5, 0.6) is 0 Å². The number of fused-ring (bicyclic) bond motifs is 3. The molecule has 0 saturated carbocycles. The van der Waals surface area contributed by atoms with Crippen molar-refractivity contribution in [1.29, 1.82) is 0 Å². The fourth-order valence-corrected chi connectivity index (χ4v) is 4.53. The molecule has 0 radical (unpaired) electrons. The smallest absolute Gasteiger partial charge is 0.407 e. The molecule has 2 unspecified atom stereocenters. The van der Waals surface area contributed by atoms with Crippen LogP contribution in [-0.2, 0) is 19.1 Å². The average Bonchev–Trinajstić information content (AvgIpc) is 3.36. The minimum atomic E-state index is -1.55. The summed E-state index contributed by atoms with van der Waals surface area (Å²) in [7, 11) is 0. The van der Waals surface area contributed by atoms with Gasteiger partial charge in [-0.1, -0.05) is 48.5 Å². The lowest BCUT2D eigenvalue weighted by Gasteiger charge is -2.28. The minimum Gasteiger partial charge on any atom is -0.479 e. The van der Waals surface area contributed by atoms with Gasteiger partial charge in [-0.25, -0.2) is 9.59 Å². The van der Waals surface area contributed by atoms with Gasteiger partial charge in [-0.15, -0.1) is 0 Å². The fourth-order valence-electron chi connectivity index (χ4n) is 4.53. The van der Waals surface area contributed by atoms with Crippen molar-refractivity contribution in [2.75, 3.05) is 26.4 Å². The number of carbonyl (C=O) groups is 3. The molecule has 1 aliphatic carbocycles. The van der Waals surface area contributed by atoms with Gasteiger partial charge >= 0.3 is 12.1 Å². The highest BCUT2D eigenvalue weighted by molar-refractivity contribution is 5.84. The molecule has 3 atom stereocenters. The lowest BCUT2D eigenvalue weighted by Crippen LogP contribution is -2.54. The number of aliphatic carboxylic acids is 1. The Hall–Kier alpha value is -3.43. The van der Waals surface area contributed by atoms with E-state index in [-0.39, 0.29) is 38.7 Å². The number of alkyl carbamates (subject to hydrolysis) is 1. The molecule has 0 spiro atoms. The molecule has 2 aromatic rings. The number of aliphatic hydroxyl groups excluding tert-OH is 1. The molecule has 1 heterocycles. The van der Waals surface area contributed by atoms with Crippen molar-refractivity contribution in [2.24, 2.45) is 5.41 Å². The van der Waals surface area contributed by atoms with Gasteiger partial charge in [0.25, 0.3) is 0 Å². The zero-order valence-electron chi connectivity index (χ0n) is 18.8. The summed E-state index contributed by atoms with van der Waals surface area (Å²) in [6, 6.07) is 15.5. The highest BCUT2D eigenvalue weighted by Gasteiger charge is 2.47. The first-order valence-electron chi connectivity index (χ1n) is 11.2. The Kier molecular flexibility index (Phi) is 6.85. The van der Waals surface area contributed by atoms with E-state index in [4.69, 9.17) is 14.6 Å². The Labute approximate surface area is 197 Å². The molecule has 9 nitrogen and oxygen atoms in total. The summed E-state index contributed by atoms with van der Waals surface area (Å²) in [6.45, 7) is 2.04. The second kappa shape index (κ2) is 9.82. The largest absolute Gasteiger partial charge is 0.479 e. The second-order valence-electron chi connectivity index (χ2n) is 8.85. The van der Waals surface area contributed by atoms with Gasteiger partial charge in [0, 0.05) is 18.9 Å². The number of carboxylic acid groups (broad SMARTS) is 1. The van der Waals surface area contributed by atoms with Crippen LogP contribution in [0, 0.1) is 5.41 Å². The predicted octanol–water partition coefficient (Wildman–Crippen LogP) is 1.88. The highest BCUT2D eigenvalue weighted by atomic mass is 16.5. The topological polar surface area (TPSA) is 134 Å². The van der Waals surface area contributed by atoms with E-state index < -0.39 is 35.5 Å². The fraction of sp³-hybridized carbons (Fsp3) is 0.400. The Balaban J connectivity index is 1.35. The molecule has 1 saturated heterocycles. The molecular weight excluding hydrogens is 440 g/mol. The van der Waals surface area contributed by atoms with Crippen molar-refractivity contribution >= 4 is 18.0 Å². The van der Waals surface area contributed by atoms with Crippen LogP contribution in [0.4, 0.5) is 4.79 Å². The number of rotatable bonds is 8. The normalized spacial score (nSPS) is 21.9. The number of carbonyl (C=O) groups excluding carboxylic acids is 2. The van der Waals surface area contributed by atoms with Crippen LogP contribution in [-0.4, -0.2) is 66.7 Å². The summed E-state index contributed by atoms with van der Waals surface area (Å²) < 4.78 is 11.0. The van der Waals surface area contributed by atoms with Crippen LogP contribution < -0.4 is 10.6 Å². The van der Waals surface area contributed by atoms with Gasteiger partial charge in [-0.3, -0.25) is 4.79 Å². The van der Waals surface area contributed by atoms with Crippen LogP contribution in [0.2, 0.25) is 0 Å². The van der Waals surface area contributed by atoms with Gasteiger partial charge in [0.05, 0.1) is 24.7 Å². The van der Waals surface area contributed by atoms with Gasteiger partial charge in [-0.05, 0) is 29.2 Å². The molecule has 1 fully saturated rings. The van der Waals surface area contributed by atoms with Gasteiger partial charge in [-0.2, -0.15) is 0 Å². The zero-order chi connectivity index (χ0) is 24.3. The van der Waals surface area contributed by atoms with Gasteiger partial charge in [0.2, 0.25) is 5.91 Å². The molecule has 180 valence electrons. The maximum absolute atomic E-state index is 12.7. The third-order valence-corrected chi connectivity index (χ3v) is 6.60. The molecule has 2 aromatic carbocycles. The molecule has 34 heavy (non-hydrogen) atoms. The Morgan fingerprint density at radius 2 is 1.74 bits per heavy atom. The maximum atomic E-state index is 12.7. The summed E-state index contributed by atoms with van der Waals surface area (Å²) in [5.41, 5.74) is 3.42. The number of aliphatic hydroxyl groups is 1. The number of hydrogen-bond acceptors (Lipinski definition) is 6. The Morgan fingerprint density at radius 1 is 1.12 bits per heavy atom. The van der Waals surface area contributed by atoms with Gasteiger partial charge in [0.15, 0.2) is 6.10 Å². The van der Waals surface area contributed by atoms with Gasteiger partial charge in [0.1, 0.15) is 6.61 Å². The number of hydrogen-bond donors (Lipinski definition) is 4. The van der Waals surface area contributed by atoms with E-state index in [9.17, 15) is 19.5 Å². The third-order valence-electron chi connectivity index (χ3n) is 6.60. The van der Waals surface area contributed by atoms with Crippen LogP contribution in [0.15, 0.2) is 48.5 Å². The summed E-state index contributed by atoms with van der Waals surface area (Å²) in [6.07, 6.45) is -2.32. The van der Waals surface area contributed by atoms with E-state index >= 15 is 0 Å². The minimum absolute atomic E-state index is 0.0143. The van der Waals surface area contributed by atoms with Crippen LogP contribution in [0.3, 0.4) is 0 Å². The standard InChI is InChI=1S/C25H28N2O7/c1-25(23(31)26-11-10-20(28)22(29)30)14-33-13-21(25)27-24(32)34-12-19-17-8-4-2-6-15(17)16-7-3-5-9-18(16)19/h2-9,19-21,28H,10-14H2,1H3,(H,26,31)(H,27,32)(H,29,30)/t20-,21?,25?/m0/s1. The van der Waals surface area contributed by atoms with Crippen molar-refractivity contribution in [3.05, 3.63) is 59.7 Å². The van der Waals surface area contributed by atoms with E-state index in [1.807, 2.05) is 36.4 Å². The summed E-state index contributed by atoms with van der Waals surface area (Å²) in [5, 5.41) is 23.5. The van der Waals surface area contributed by atoms with E-state index in [0.29, 0.717) is 0 Å². The Bertz CT molecular complexity index is 1040. The van der Waals surface area contributed by atoms with E-state index in [2.05, 4.69) is 22.8 Å². The van der Waals surface area contributed by atoms with Crippen molar-refractivity contribution in [3.8, 4) is 11.1 Å². The molecule has 1 aliphatic heterocycles. The average molecular weight is 469 g/mol. The van der Waals surface area contributed by atoms with Crippen LogP contribution in [0.1, 0.15) is 30.4 Å². The first-order chi connectivity index (χ1) is 16.3. The van der Waals surface area contributed by atoms with Crippen LogP contribution >= 0.6 is 0 Å². The molecule has 4 rings (SSSR count). The molecule has 0 bridgehead atoms. The van der Waals surface area contributed by atoms with Crippen molar-refractivity contribution in [3.63, 3.8) is 0 Å². The van der Waals surface area contributed by atoms with E-state index in [1.165, 1.54) is 0 Å². The first kappa shape index (κ1) is 23.7. The maximum Gasteiger partial charge on any atom is 0.407 e. The van der Waals surface area contributed by atoms with E-state index in [0.717, 1.165) is 22.3 Å². The lowest BCUT2D eigenvalue weighted by molar-refractivity contribution is -0.147. The monoisotopic (exact) mass is 468 g/mol. The molecule has 4 N–H and O–H groups in total.